The van der Waals surface area contributed by atoms with Crippen molar-refractivity contribution in [2.24, 2.45) is 0 Å². The van der Waals surface area contributed by atoms with Crippen molar-refractivity contribution >= 4 is 28.9 Å². The highest BCUT2D eigenvalue weighted by Crippen LogP contribution is 2.33. The molecule has 1 heterocycles. The van der Waals surface area contributed by atoms with Gasteiger partial charge in [0.15, 0.2) is 0 Å². The van der Waals surface area contributed by atoms with Crippen LogP contribution < -0.4 is 10.2 Å². The maximum Gasteiger partial charge on any atom is 0.238 e. The summed E-state index contributed by atoms with van der Waals surface area (Å²) in [6.07, 6.45) is 6.66. The minimum absolute atomic E-state index is 0.0651. The molecule has 0 aromatic heterocycles. The molecule has 4 nitrogen and oxygen atoms in total. The van der Waals surface area contributed by atoms with Crippen LogP contribution in [0, 0.1) is 0 Å². The first-order valence-electron chi connectivity index (χ1n) is 10.8. The van der Waals surface area contributed by atoms with Crippen LogP contribution in [0.1, 0.15) is 43.6 Å². The van der Waals surface area contributed by atoms with Gasteiger partial charge in [-0.1, -0.05) is 43.0 Å². The first-order chi connectivity index (χ1) is 14.2. The number of rotatable bonds is 5. The first kappa shape index (κ1) is 20.2. The van der Waals surface area contributed by atoms with Crippen LogP contribution in [-0.2, 0) is 4.79 Å². The number of piperazine rings is 1. The number of nitrogens with zero attached hydrogens (tertiary/aromatic N) is 2. The summed E-state index contributed by atoms with van der Waals surface area (Å²) in [7, 11) is 0. The molecule has 0 radical (unpaired) electrons. The number of amides is 1. The number of hydrogen-bond donors (Lipinski definition) is 1. The fourth-order valence-electron chi connectivity index (χ4n) is 4.49. The molecule has 0 spiro atoms. The standard InChI is InChI=1S/C24H30ClN3O/c25-21-8-12-23(13-9-21)28-16-14-27(15-17-28)18-24(29)26-22-10-6-20(7-11-22)19-4-2-1-3-5-19/h6-13,19H,1-5,14-18H2,(H,26,29). The topological polar surface area (TPSA) is 35.6 Å². The minimum atomic E-state index is 0.0651. The van der Waals surface area contributed by atoms with Crippen LogP contribution in [0.25, 0.3) is 0 Å². The second-order valence-electron chi connectivity index (χ2n) is 8.24. The third-order valence-electron chi connectivity index (χ3n) is 6.20. The van der Waals surface area contributed by atoms with Gasteiger partial charge in [-0.3, -0.25) is 9.69 Å². The lowest BCUT2D eigenvalue weighted by molar-refractivity contribution is -0.117. The SMILES string of the molecule is O=C(CN1CCN(c2ccc(Cl)cc2)CC1)Nc1ccc(C2CCCCC2)cc1. The highest BCUT2D eigenvalue weighted by molar-refractivity contribution is 6.30. The van der Waals surface area contributed by atoms with Gasteiger partial charge in [0.05, 0.1) is 6.54 Å². The lowest BCUT2D eigenvalue weighted by atomic mass is 9.84. The smallest absolute Gasteiger partial charge is 0.238 e. The van der Waals surface area contributed by atoms with Gasteiger partial charge in [-0.2, -0.15) is 0 Å². The molecule has 1 aliphatic carbocycles. The van der Waals surface area contributed by atoms with Crippen LogP contribution in [0.2, 0.25) is 5.02 Å². The molecule has 154 valence electrons. The van der Waals surface area contributed by atoms with Gasteiger partial charge in [-0.15, -0.1) is 0 Å². The normalized spacial score (nSPS) is 18.6. The Morgan fingerprint density at radius 1 is 0.897 bits per heavy atom. The number of anilines is 2. The van der Waals surface area contributed by atoms with Crippen molar-refractivity contribution in [3.05, 3.63) is 59.1 Å². The summed E-state index contributed by atoms with van der Waals surface area (Å²) in [6.45, 7) is 4.06. The summed E-state index contributed by atoms with van der Waals surface area (Å²) in [4.78, 5) is 17.0. The molecule has 1 aliphatic heterocycles. The largest absolute Gasteiger partial charge is 0.369 e. The van der Waals surface area contributed by atoms with E-state index in [0.29, 0.717) is 12.5 Å². The van der Waals surface area contributed by atoms with E-state index < -0.39 is 0 Å². The lowest BCUT2D eigenvalue weighted by Crippen LogP contribution is -2.48. The molecule has 0 unspecified atom stereocenters. The van der Waals surface area contributed by atoms with Crippen LogP contribution in [0.4, 0.5) is 11.4 Å². The molecule has 2 aromatic rings. The number of carbonyl (C=O) groups excluding carboxylic acids is 1. The molecule has 29 heavy (non-hydrogen) atoms. The van der Waals surface area contributed by atoms with Gasteiger partial charge >= 0.3 is 0 Å². The maximum atomic E-state index is 12.5. The molecule has 2 aromatic carbocycles. The van der Waals surface area contributed by atoms with Crippen molar-refractivity contribution in [1.82, 2.24) is 4.90 Å². The molecule has 1 saturated carbocycles. The van der Waals surface area contributed by atoms with E-state index in [1.54, 1.807) is 0 Å². The minimum Gasteiger partial charge on any atom is -0.369 e. The molecule has 2 aliphatic rings. The molecule has 4 rings (SSSR count). The molecule has 2 fully saturated rings. The number of carbonyl (C=O) groups is 1. The Labute approximate surface area is 178 Å². The molecule has 5 heteroatoms. The average molecular weight is 412 g/mol. The van der Waals surface area contributed by atoms with E-state index in [9.17, 15) is 4.79 Å². The number of halogens is 1. The number of hydrogen-bond acceptors (Lipinski definition) is 3. The van der Waals surface area contributed by atoms with E-state index >= 15 is 0 Å². The van der Waals surface area contributed by atoms with E-state index in [1.807, 2.05) is 12.1 Å². The molecule has 0 atom stereocenters. The van der Waals surface area contributed by atoms with Crippen molar-refractivity contribution in [3.63, 3.8) is 0 Å². The van der Waals surface area contributed by atoms with Crippen molar-refractivity contribution < 1.29 is 4.79 Å². The quantitative estimate of drug-likeness (QED) is 0.739. The molecule has 1 N–H and O–H groups in total. The second-order valence-corrected chi connectivity index (χ2v) is 8.68. The van der Waals surface area contributed by atoms with E-state index in [1.165, 1.54) is 43.4 Å². The van der Waals surface area contributed by atoms with Crippen LogP contribution in [0.3, 0.4) is 0 Å². The predicted molar refractivity (Wildman–Crippen MR) is 121 cm³/mol. The molecule has 1 amide bonds. The number of nitrogens with one attached hydrogen (secondary N) is 1. The highest BCUT2D eigenvalue weighted by atomic mass is 35.5. The van der Waals surface area contributed by atoms with Gasteiger partial charge in [0.1, 0.15) is 0 Å². The maximum absolute atomic E-state index is 12.5. The third-order valence-corrected chi connectivity index (χ3v) is 6.45. The predicted octanol–water partition coefficient (Wildman–Crippen LogP) is 5.15. The van der Waals surface area contributed by atoms with Crippen molar-refractivity contribution in [2.45, 2.75) is 38.0 Å². The van der Waals surface area contributed by atoms with Gasteiger partial charge in [-0.05, 0) is 60.7 Å². The zero-order chi connectivity index (χ0) is 20.1. The summed E-state index contributed by atoms with van der Waals surface area (Å²) in [5.74, 6) is 0.765. The Kier molecular flexibility index (Phi) is 6.73. The first-order valence-corrected chi connectivity index (χ1v) is 11.2. The van der Waals surface area contributed by atoms with Crippen molar-refractivity contribution in [2.75, 3.05) is 42.9 Å². The van der Waals surface area contributed by atoms with Gasteiger partial charge in [0.2, 0.25) is 5.91 Å². The molecular weight excluding hydrogens is 382 g/mol. The van der Waals surface area contributed by atoms with E-state index in [0.717, 1.165) is 36.9 Å². The summed E-state index contributed by atoms with van der Waals surface area (Å²) in [6, 6.07) is 16.5. The van der Waals surface area contributed by atoms with Gasteiger partial charge in [-0.25, -0.2) is 0 Å². The Morgan fingerprint density at radius 2 is 1.55 bits per heavy atom. The lowest BCUT2D eigenvalue weighted by Gasteiger charge is -2.35. The van der Waals surface area contributed by atoms with Crippen LogP contribution in [0.5, 0.6) is 0 Å². The van der Waals surface area contributed by atoms with Crippen LogP contribution in [-0.4, -0.2) is 43.5 Å². The van der Waals surface area contributed by atoms with Gasteiger partial charge in [0, 0.05) is 42.6 Å². The fourth-order valence-corrected chi connectivity index (χ4v) is 4.62. The van der Waals surface area contributed by atoms with Crippen molar-refractivity contribution in [3.8, 4) is 0 Å². The second kappa shape index (κ2) is 9.64. The van der Waals surface area contributed by atoms with Crippen LogP contribution in [0.15, 0.2) is 48.5 Å². The average Bonchev–Trinajstić information content (AvgIpc) is 2.76. The molecular formula is C24H30ClN3O. The van der Waals surface area contributed by atoms with Gasteiger partial charge < -0.3 is 10.2 Å². The molecule has 0 bridgehead atoms. The van der Waals surface area contributed by atoms with E-state index in [-0.39, 0.29) is 5.91 Å². The Bertz CT molecular complexity index is 792. The zero-order valence-electron chi connectivity index (χ0n) is 16.9. The van der Waals surface area contributed by atoms with Gasteiger partial charge in [0.25, 0.3) is 0 Å². The monoisotopic (exact) mass is 411 g/mol. The van der Waals surface area contributed by atoms with Crippen LogP contribution >= 0.6 is 11.6 Å². The summed E-state index contributed by atoms with van der Waals surface area (Å²) < 4.78 is 0. The van der Waals surface area contributed by atoms with E-state index in [4.69, 9.17) is 11.6 Å². The summed E-state index contributed by atoms with van der Waals surface area (Å²) in [5.41, 5.74) is 3.51. The number of benzene rings is 2. The summed E-state index contributed by atoms with van der Waals surface area (Å²) in [5, 5.41) is 3.82. The van der Waals surface area contributed by atoms with E-state index in [2.05, 4.69) is 51.5 Å². The Morgan fingerprint density at radius 3 is 2.21 bits per heavy atom. The molecule has 1 saturated heterocycles. The third kappa shape index (κ3) is 5.52. The highest BCUT2D eigenvalue weighted by Gasteiger charge is 2.19. The zero-order valence-corrected chi connectivity index (χ0v) is 17.7. The Hall–Kier alpha value is -2.04. The Balaban J connectivity index is 1.23. The summed E-state index contributed by atoms with van der Waals surface area (Å²) >= 11 is 5.97. The van der Waals surface area contributed by atoms with Crippen molar-refractivity contribution in [1.29, 1.82) is 0 Å². The fraction of sp³-hybridized carbons (Fsp3) is 0.458.